The van der Waals surface area contributed by atoms with Gasteiger partial charge in [-0.25, -0.2) is 4.79 Å². The van der Waals surface area contributed by atoms with E-state index < -0.39 is 0 Å². The van der Waals surface area contributed by atoms with E-state index in [2.05, 4.69) is 5.32 Å². The summed E-state index contributed by atoms with van der Waals surface area (Å²) in [6.07, 6.45) is 0. The number of aryl methyl sites for hydroxylation is 1. The second kappa shape index (κ2) is 7.01. The van der Waals surface area contributed by atoms with Gasteiger partial charge in [0.25, 0.3) is 0 Å². The van der Waals surface area contributed by atoms with Gasteiger partial charge in [-0.3, -0.25) is 4.79 Å². The Morgan fingerprint density at radius 3 is 2.72 bits per heavy atom. The number of alkyl halides is 1. The lowest BCUT2D eigenvalue weighted by Gasteiger charge is -2.09. The van der Waals surface area contributed by atoms with Crippen LogP contribution in [-0.2, 0) is 16.1 Å². The maximum atomic E-state index is 11.6. The summed E-state index contributed by atoms with van der Waals surface area (Å²) in [5.74, 6) is -0.670. The Labute approximate surface area is 111 Å². The van der Waals surface area contributed by atoms with Crippen molar-refractivity contribution < 1.29 is 14.3 Å². The molecule has 0 radical (unpaired) electrons. The molecule has 98 valence electrons. The number of carbonyl (C=O) groups excluding carboxylic acids is 2. The number of rotatable bonds is 5. The molecule has 1 aromatic rings. The Morgan fingerprint density at radius 2 is 2.11 bits per heavy atom. The van der Waals surface area contributed by atoms with Gasteiger partial charge in [0.2, 0.25) is 5.91 Å². The predicted molar refractivity (Wildman–Crippen MR) is 69.7 cm³/mol. The summed E-state index contributed by atoms with van der Waals surface area (Å²) in [5.41, 5.74) is 2.36. The predicted octanol–water partition coefficient (Wildman–Crippen LogP) is 2.03. The van der Waals surface area contributed by atoms with Gasteiger partial charge in [-0.1, -0.05) is 6.07 Å². The van der Waals surface area contributed by atoms with Crippen molar-refractivity contribution in [2.45, 2.75) is 20.4 Å². The van der Waals surface area contributed by atoms with Crippen LogP contribution in [0.25, 0.3) is 0 Å². The standard InChI is InChI=1S/C13H16ClNO3/c1-3-18-13(17)10-5-4-9(2)11(6-10)8-15-12(16)7-14/h4-6H,3,7-8H2,1-2H3,(H,15,16). The van der Waals surface area contributed by atoms with E-state index in [1.54, 1.807) is 19.1 Å². The summed E-state index contributed by atoms with van der Waals surface area (Å²) in [7, 11) is 0. The van der Waals surface area contributed by atoms with Crippen molar-refractivity contribution in [3.05, 3.63) is 34.9 Å². The van der Waals surface area contributed by atoms with E-state index in [9.17, 15) is 9.59 Å². The summed E-state index contributed by atoms with van der Waals surface area (Å²) < 4.78 is 4.92. The molecule has 0 fully saturated rings. The molecule has 0 aliphatic heterocycles. The van der Waals surface area contributed by atoms with Crippen LogP contribution >= 0.6 is 11.6 Å². The lowest BCUT2D eigenvalue weighted by Crippen LogP contribution is -2.24. The van der Waals surface area contributed by atoms with E-state index >= 15 is 0 Å². The molecule has 5 heteroatoms. The average Bonchev–Trinajstić information content (AvgIpc) is 2.37. The molecular weight excluding hydrogens is 254 g/mol. The van der Waals surface area contributed by atoms with Gasteiger partial charge in [0, 0.05) is 6.54 Å². The maximum absolute atomic E-state index is 11.6. The van der Waals surface area contributed by atoms with Gasteiger partial charge in [-0.15, -0.1) is 11.6 Å². The molecule has 0 bridgehead atoms. The highest BCUT2D eigenvalue weighted by molar-refractivity contribution is 6.27. The maximum Gasteiger partial charge on any atom is 0.338 e. The van der Waals surface area contributed by atoms with E-state index in [0.29, 0.717) is 18.7 Å². The molecule has 0 saturated carbocycles. The summed E-state index contributed by atoms with van der Waals surface area (Å²) in [4.78, 5) is 22.7. The van der Waals surface area contributed by atoms with Gasteiger partial charge in [-0.2, -0.15) is 0 Å². The number of halogens is 1. The second-order valence-electron chi connectivity index (χ2n) is 3.77. The highest BCUT2D eigenvalue weighted by Gasteiger charge is 2.09. The van der Waals surface area contributed by atoms with Crippen molar-refractivity contribution in [1.29, 1.82) is 0 Å². The molecule has 1 amide bonds. The third-order valence-corrected chi connectivity index (χ3v) is 2.70. The van der Waals surface area contributed by atoms with Gasteiger partial charge in [0.1, 0.15) is 5.88 Å². The molecule has 0 unspecified atom stereocenters. The first-order valence-electron chi connectivity index (χ1n) is 5.67. The average molecular weight is 270 g/mol. The molecule has 0 aliphatic rings. The van der Waals surface area contributed by atoms with Crippen LogP contribution in [0, 0.1) is 6.92 Å². The molecule has 1 rings (SSSR count). The Hall–Kier alpha value is -1.55. The van der Waals surface area contributed by atoms with Crippen molar-refractivity contribution in [1.82, 2.24) is 5.32 Å². The summed E-state index contributed by atoms with van der Waals surface area (Å²) in [6, 6.07) is 5.26. The Kier molecular flexibility index (Phi) is 5.65. The molecular formula is C13H16ClNO3. The Balaban J connectivity index is 2.81. The monoisotopic (exact) mass is 269 g/mol. The highest BCUT2D eigenvalue weighted by Crippen LogP contribution is 2.12. The minimum Gasteiger partial charge on any atom is -0.462 e. The van der Waals surface area contributed by atoms with Crippen molar-refractivity contribution in [3.8, 4) is 0 Å². The van der Waals surface area contributed by atoms with Gasteiger partial charge in [-0.05, 0) is 37.1 Å². The molecule has 0 heterocycles. The van der Waals surface area contributed by atoms with Crippen LogP contribution in [0.3, 0.4) is 0 Å². The van der Waals surface area contributed by atoms with E-state index in [-0.39, 0.29) is 17.8 Å². The number of ether oxygens (including phenoxy) is 1. The fourth-order valence-corrected chi connectivity index (χ4v) is 1.54. The van der Waals surface area contributed by atoms with Crippen molar-refractivity contribution >= 4 is 23.5 Å². The van der Waals surface area contributed by atoms with Crippen LogP contribution in [0.4, 0.5) is 0 Å². The molecule has 4 nitrogen and oxygen atoms in total. The highest BCUT2D eigenvalue weighted by atomic mass is 35.5. The lowest BCUT2D eigenvalue weighted by molar-refractivity contribution is -0.118. The molecule has 1 N–H and O–H groups in total. The first-order valence-corrected chi connectivity index (χ1v) is 6.21. The quantitative estimate of drug-likeness (QED) is 0.657. The van der Waals surface area contributed by atoms with E-state index in [1.165, 1.54) is 0 Å². The van der Waals surface area contributed by atoms with E-state index in [0.717, 1.165) is 11.1 Å². The molecule has 0 aromatic heterocycles. The third kappa shape index (κ3) is 4.04. The number of hydrogen-bond donors (Lipinski definition) is 1. The van der Waals surface area contributed by atoms with Crippen molar-refractivity contribution in [3.63, 3.8) is 0 Å². The summed E-state index contributed by atoms with van der Waals surface area (Å²) in [6.45, 7) is 4.36. The van der Waals surface area contributed by atoms with Crippen LogP contribution in [0.15, 0.2) is 18.2 Å². The van der Waals surface area contributed by atoms with E-state index in [1.807, 2.05) is 13.0 Å². The third-order valence-electron chi connectivity index (χ3n) is 2.46. The number of amides is 1. The minimum absolute atomic E-state index is 0.0728. The smallest absolute Gasteiger partial charge is 0.338 e. The zero-order valence-corrected chi connectivity index (χ0v) is 11.2. The number of esters is 1. The van der Waals surface area contributed by atoms with Crippen LogP contribution in [0.2, 0.25) is 0 Å². The topological polar surface area (TPSA) is 55.4 Å². The Bertz CT molecular complexity index is 446. The van der Waals surface area contributed by atoms with Crippen molar-refractivity contribution in [2.75, 3.05) is 12.5 Å². The van der Waals surface area contributed by atoms with Crippen LogP contribution in [0.1, 0.15) is 28.4 Å². The van der Waals surface area contributed by atoms with Gasteiger partial charge >= 0.3 is 5.97 Å². The first kappa shape index (κ1) is 14.5. The molecule has 0 aliphatic carbocycles. The number of hydrogen-bond acceptors (Lipinski definition) is 3. The normalized spacial score (nSPS) is 9.94. The largest absolute Gasteiger partial charge is 0.462 e. The second-order valence-corrected chi connectivity index (χ2v) is 4.04. The molecule has 1 aromatic carbocycles. The Morgan fingerprint density at radius 1 is 1.39 bits per heavy atom. The first-order chi connectivity index (χ1) is 8.58. The zero-order chi connectivity index (χ0) is 13.5. The van der Waals surface area contributed by atoms with Crippen LogP contribution in [-0.4, -0.2) is 24.4 Å². The lowest BCUT2D eigenvalue weighted by atomic mass is 10.0. The van der Waals surface area contributed by atoms with Gasteiger partial charge < -0.3 is 10.1 Å². The molecule has 0 spiro atoms. The zero-order valence-electron chi connectivity index (χ0n) is 10.5. The summed E-state index contributed by atoms with van der Waals surface area (Å²) >= 11 is 5.39. The minimum atomic E-state index is -0.359. The van der Waals surface area contributed by atoms with Gasteiger partial charge in [0.05, 0.1) is 12.2 Å². The SMILES string of the molecule is CCOC(=O)c1ccc(C)c(CNC(=O)CCl)c1. The fourth-order valence-electron chi connectivity index (χ4n) is 1.44. The van der Waals surface area contributed by atoms with Crippen LogP contribution < -0.4 is 5.32 Å². The molecule has 0 atom stereocenters. The molecule has 18 heavy (non-hydrogen) atoms. The van der Waals surface area contributed by atoms with Crippen LogP contribution in [0.5, 0.6) is 0 Å². The molecule has 0 saturated heterocycles. The number of nitrogens with one attached hydrogen (secondary N) is 1. The number of benzene rings is 1. The van der Waals surface area contributed by atoms with Gasteiger partial charge in [0.15, 0.2) is 0 Å². The fraction of sp³-hybridized carbons (Fsp3) is 0.385. The van der Waals surface area contributed by atoms with Crippen molar-refractivity contribution in [2.24, 2.45) is 0 Å². The summed E-state index contributed by atoms with van der Waals surface area (Å²) in [5, 5.41) is 2.66. The number of carbonyl (C=O) groups is 2. The van der Waals surface area contributed by atoms with E-state index in [4.69, 9.17) is 16.3 Å².